The average Bonchev–Trinajstić information content (AvgIpc) is 2.84. The molecular weight excluding hydrogens is 466 g/mol. The number of nitrogens with zero attached hydrogens (tertiary/aromatic N) is 1. The van der Waals surface area contributed by atoms with Crippen molar-refractivity contribution in [3.05, 3.63) is 54.1 Å². The molecule has 2 N–H and O–H groups in total. The average molecular weight is 502 g/mol. The van der Waals surface area contributed by atoms with Crippen molar-refractivity contribution in [1.82, 2.24) is 4.72 Å². The van der Waals surface area contributed by atoms with Crippen LogP contribution in [0.3, 0.4) is 0 Å². The van der Waals surface area contributed by atoms with E-state index in [2.05, 4.69) is 10.0 Å². The van der Waals surface area contributed by atoms with Gasteiger partial charge in [0.05, 0.1) is 18.2 Å². The van der Waals surface area contributed by atoms with Gasteiger partial charge in [0, 0.05) is 30.7 Å². The first-order chi connectivity index (χ1) is 16.6. The number of benzene rings is 2. The molecule has 190 valence electrons. The van der Waals surface area contributed by atoms with Crippen LogP contribution in [-0.4, -0.2) is 40.0 Å². The molecule has 3 rings (SSSR count). The van der Waals surface area contributed by atoms with Crippen LogP contribution >= 0.6 is 0 Å². The molecule has 0 saturated carbocycles. The summed E-state index contributed by atoms with van der Waals surface area (Å²) in [4.78, 5) is 26.6. The number of hydrogen-bond donors (Lipinski definition) is 2. The van der Waals surface area contributed by atoms with Gasteiger partial charge >= 0.3 is 5.97 Å². The van der Waals surface area contributed by atoms with Crippen LogP contribution in [0.25, 0.3) is 0 Å². The summed E-state index contributed by atoms with van der Waals surface area (Å²) in [5.41, 5.74) is 1.73. The lowest BCUT2D eigenvalue weighted by atomic mass is 9.97. The highest BCUT2D eigenvalue weighted by molar-refractivity contribution is 7.89. The quantitative estimate of drug-likeness (QED) is 0.501. The van der Waals surface area contributed by atoms with Crippen LogP contribution in [0.4, 0.5) is 11.4 Å². The number of nitrogens with one attached hydrogen (secondary N) is 2. The van der Waals surface area contributed by atoms with Gasteiger partial charge in [-0.2, -0.15) is 0 Å². The van der Waals surface area contributed by atoms with E-state index in [0.29, 0.717) is 37.5 Å². The zero-order chi connectivity index (χ0) is 25.6. The van der Waals surface area contributed by atoms with Crippen LogP contribution in [-0.2, 0) is 24.3 Å². The summed E-state index contributed by atoms with van der Waals surface area (Å²) in [5, 5.41) is 2.79. The third-order valence-electron chi connectivity index (χ3n) is 6.05. The number of carbonyl (C=O) groups excluding carboxylic acids is 2. The number of anilines is 2. The molecule has 1 aliphatic rings. The number of piperidine rings is 1. The van der Waals surface area contributed by atoms with Gasteiger partial charge in [-0.05, 0) is 50.5 Å². The Labute approximate surface area is 208 Å². The highest BCUT2D eigenvalue weighted by Gasteiger charge is 2.31. The van der Waals surface area contributed by atoms with Gasteiger partial charge in [-0.1, -0.05) is 44.2 Å². The van der Waals surface area contributed by atoms with Crippen LogP contribution in [0.1, 0.15) is 52.1 Å². The SMILES string of the molecule is CCOC(=O)[C@H]1CCCN(c2ccc(NC(=O)C(C)C)cc2S(=O)(=O)N[C@@H](C)c2ccccc2)C1. The zero-order valence-electron chi connectivity index (χ0n) is 20.8. The second kappa shape index (κ2) is 11.7. The van der Waals surface area contributed by atoms with E-state index >= 15 is 0 Å². The number of ether oxygens (including phenoxy) is 1. The maximum atomic E-state index is 13.6. The van der Waals surface area contributed by atoms with Gasteiger partial charge in [0.1, 0.15) is 4.90 Å². The molecule has 0 unspecified atom stereocenters. The van der Waals surface area contributed by atoms with Crippen molar-refractivity contribution in [2.75, 3.05) is 29.9 Å². The van der Waals surface area contributed by atoms with Gasteiger partial charge < -0.3 is 15.0 Å². The fourth-order valence-corrected chi connectivity index (χ4v) is 5.59. The lowest BCUT2D eigenvalue weighted by molar-refractivity contribution is -0.148. The normalized spacial score (nSPS) is 17.2. The Bertz CT molecular complexity index is 1130. The summed E-state index contributed by atoms with van der Waals surface area (Å²) in [6.07, 6.45) is 1.44. The molecule has 2 atom stereocenters. The van der Waals surface area contributed by atoms with E-state index in [0.717, 1.165) is 12.0 Å². The Morgan fingerprint density at radius 1 is 1.11 bits per heavy atom. The third kappa shape index (κ3) is 6.82. The number of amides is 1. The van der Waals surface area contributed by atoms with Crippen molar-refractivity contribution in [2.45, 2.75) is 51.5 Å². The Hall–Kier alpha value is -2.91. The van der Waals surface area contributed by atoms with E-state index in [-0.39, 0.29) is 28.6 Å². The van der Waals surface area contributed by atoms with E-state index in [1.807, 2.05) is 35.2 Å². The van der Waals surface area contributed by atoms with Gasteiger partial charge in [0.15, 0.2) is 0 Å². The fraction of sp³-hybridized carbons (Fsp3) is 0.462. The van der Waals surface area contributed by atoms with E-state index in [4.69, 9.17) is 4.74 Å². The van der Waals surface area contributed by atoms with Gasteiger partial charge in [-0.15, -0.1) is 0 Å². The lowest BCUT2D eigenvalue weighted by Crippen LogP contribution is -2.40. The van der Waals surface area contributed by atoms with Gasteiger partial charge in [0.2, 0.25) is 15.9 Å². The number of sulfonamides is 1. The minimum absolute atomic E-state index is 0.0614. The van der Waals surface area contributed by atoms with Crippen LogP contribution in [0, 0.1) is 11.8 Å². The highest BCUT2D eigenvalue weighted by Crippen LogP contribution is 2.33. The monoisotopic (exact) mass is 501 g/mol. The molecule has 0 radical (unpaired) electrons. The Morgan fingerprint density at radius 3 is 2.49 bits per heavy atom. The van der Waals surface area contributed by atoms with Gasteiger partial charge in [-0.25, -0.2) is 13.1 Å². The number of rotatable bonds is 9. The molecule has 0 spiro atoms. The van der Waals surface area contributed by atoms with Crippen LogP contribution in [0.15, 0.2) is 53.4 Å². The first kappa shape index (κ1) is 26.7. The smallest absolute Gasteiger partial charge is 0.310 e. The van der Waals surface area contributed by atoms with Crippen molar-refractivity contribution in [3.63, 3.8) is 0 Å². The molecule has 1 heterocycles. The minimum atomic E-state index is -3.97. The Kier molecular flexibility index (Phi) is 8.91. The second-order valence-electron chi connectivity index (χ2n) is 9.12. The molecule has 2 aromatic carbocycles. The highest BCUT2D eigenvalue weighted by atomic mass is 32.2. The second-order valence-corrected chi connectivity index (χ2v) is 10.8. The molecule has 1 saturated heterocycles. The first-order valence-corrected chi connectivity index (χ1v) is 13.5. The summed E-state index contributed by atoms with van der Waals surface area (Å²) in [5.74, 6) is -1.04. The summed E-state index contributed by atoms with van der Waals surface area (Å²) < 4.78 is 35.2. The van der Waals surface area contributed by atoms with Crippen molar-refractivity contribution in [2.24, 2.45) is 11.8 Å². The summed E-state index contributed by atoms with van der Waals surface area (Å²) in [6, 6.07) is 13.7. The number of esters is 1. The molecule has 9 heteroatoms. The summed E-state index contributed by atoms with van der Waals surface area (Å²) >= 11 is 0. The van der Waals surface area contributed by atoms with Crippen molar-refractivity contribution < 1.29 is 22.7 Å². The predicted molar refractivity (Wildman–Crippen MR) is 137 cm³/mol. The molecule has 2 aromatic rings. The Morgan fingerprint density at radius 2 is 1.83 bits per heavy atom. The van der Waals surface area contributed by atoms with Crippen molar-refractivity contribution in [1.29, 1.82) is 0 Å². The molecule has 8 nitrogen and oxygen atoms in total. The predicted octanol–water partition coefficient (Wildman–Crippen LogP) is 4.10. The molecule has 1 aliphatic heterocycles. The van der Waals surface area contributed by atoms with E-state index in [9.17, 15) is 18.0 Å². The summed E-state index contributed by atoms with van der Waals surface area (Å²) in [6.45, 7) is 8.39. The molecular formula is C26H35N3O5S. The molecule has 35 heavy (non-hydrogen) atoms. The molecule has 0 aliphatic carbocycles. The van der Waals surface area contributed by atoms with Gasteiger partial charge in [-0.3, -0.25) is 9.59 Å². The van der Waals surface area contributed by atoms with Crippen LogP contribution in [0.2, 0.25) is 0 Å². The van der Waals surface area contributed by atoms with E-state index < -0.39 is 16.1 Å². The Balaban J connectivity index is 1.97. The van der Waals surface area contributed by atoms with Crippen molar-refractivity contribution >= 4 is 33.3 Å². The van der Waals surface area contributed by atoms with Gasteiger partial charge in [0.25, 0.3) is 0 Å². The maximum Gasteiger partial charge on any atom is 0.310 e. The maximum absolute atomic E-state index is 13.6. The minimum Gasteiger partial charge on any atom is -0.466 e. The fourth-order valence-electron chi connectivity index (χ4n) is 4.11. The summed E-state index contributed by atoms with van der Waals surface area (Å²) in [7, 11) is -3.97. The van der Waals surface area contributed by atoms with E-state index in [1.54, 1.807) is 39.8 Å². The lowest BCUT2D eigenvalue weighted by Gasteiger charge is -2.34. The standard InChI is InChI=1S/C26H35N3O5S/c1-5-34-26(31)21-12-9-15-29(17-21)23-14-13-22(27-25(30)18(2)3)16-24(23)35(32,33)28-19(4)20-10-7-6-8-11-20/h6-8,10-11,13-14,16,18-19,21,28H,5,9,12,15,17H2,1-4H3,(H,27,30)/t19-,21-/m0/s1. The molecule has 0 bridgehead atoms. The van der Waals surface area contributed by atoms with Crippen molar-refractivity contribution in [3.8, 4) is 0 Å². The topological polar surface area (TPSA) is 105 Å². The third-order valence-corrected chi connectivity index (χ3v) is 7.62. The zero-order valence-corrected chi connectivity index (χ0v) is 21.6. The number of carbonyl (C=O) groups is 2. The van der Waals surface area contributed by atoms with E-state index in [1.165, 1.54) is 6.07 Å². The number of hydrogen-bond acceptors (Lipinski definition) is 6. The molecule has 1 amide bonds. The largest absolute Gasteiger partial charge is 0.466 e. The molecule has 0 aromatic heterocycles. The molecule has 1 fully saturated rings. The first-order valence-electron chi connectivity index (χ1n) is 12.1. The van der Waals surface area contributed by atoms with Crippen LogP contribution < -0.4 is 14.9 Å². The van der Waals surface area contributed by atoms with Crippen LogP contribution in [0.5, 0.6) is 0 Å².